The molecule has 1 aromatic carbocycles. The normalized spacial score (nSPS) is 10.7. The van der Waals surface area contributed by atoms with Gasteiger partial charge in [-0.2, -0.15) is 0 Å². The molecule has 3 heterocycles. The number of carbonyl (C=O) groups is 1. The molecule has 0 aliphatic carbocycles. The van der Waals surface area contributed by atoms with Crippen molar-refractivity contribution in [2.75, 3.05) is 5.32 Å². The summed E-state index contributed by atoms with van der Waals surface area (Å²) in [7, 11) is 0. The van der Waals surface area contributed by atoms with Crippen molar-refractivity contribution in [1.82, 2.24) is 19.9 Å². The SMILES string of the molecule is O=C(Cc1ccccc1)c1cnc(Nc2ncnc3ccsc23)nc1. The molecule has 25 heavy (non-hydrogen) atoms. The van der Waals surface area contributed by atoms with Gasteiger partial charge in [-0.3, -0.25) is 4.79 Å². The molecule has 0 fully saturated rings. The Morgan fingerprint density at radius 1 is 1.00 bits per heavy atom. The highest BCUT2D eigenvalue weighted by molar-refractivity contribution is 7.17. The van der Waals surface area contributed by atoms with Crippen LogP contribution in [0.15, 0.2) is 60.5 Å². The number of nitrogens with zero attached hydrogens (tertiary/aromatic N) is 4. The quantitative estimate of drug-likeness (QED) is 0.555. The summed E-state index contributed by atoms with van der Waals surface area (Å²) in [6.07, 6.45) is 4.90. The molecule has 0 saturated heterocycles. The maximum absolute atomic E-state index is 12.3. The fourth-order valence-corrected chi connectivity index (χ4v) is 3.19. The number of Topliss-reactive ketones (excluding diaryl/α,β-unsaturated/α-hetero) is 1. The van der Waals surface area contributed by atoms with E-state index in [0.29, 0.717) is 23.8 Å². The van der Waals surface area contributed by atoms with Gasteiger partial charge >= 0.3 is 0 Å². The first-order chi connectivity index (χ1) is 12.3. The van der Waals surface area contributed by atoms with Crippen LogP contribution < -0.4 is 5.32 Å². The highest BCUT2D eigenvalue weighted by Crippen LogP contribution is 2.26. The molecule has 3 aromatic heterocycles. The lowest BCUT2D eigenvalue weighted by molar-refractivity contribution is 0.0992. The second kappa shape index (κ2) is 6.74. The van der Waals surface area contributed by atoms with Gasteiger partial charge in [0.2, 0.25) is 5.95 Å². The average Bonchev–Trinajstić information content (AvgIpc) is 3.13. The minimum atomic E-state index is -0.0135. The molecule has 0 aliphatic heterocycles. The van der Waals surface area contributed by atoms with Gasteiger partial charge in [-0.25, -0.2) is 19.9 Å². The van der Waals surface area contributed by atoms with Crippen molar-refractivity contribution >= 4 is 39.1 Å². The van der Waals surface area contributed by atoms with Crippen LogP contribution in [-0.2, 0) is 6.42 Å². The predicted molar refractivity (Wildman–Crippen MR) is 97.2 cm³/mol. The number of nitrogens with one attached hydrogen (secondary N) is 1. The minimum absolute atomic E-state index is 0.0135. The van der Waals surface area contributed by atoms with Crippen molar-refractivity contribution in [3.05, 3.63) is 71.6 Å². The van der Waals surface area contributed by atoms with Crippen LogP contribution in [0.4, 0.5) is 11.8 Å². The first-order valence-electron chi connectivity index (χ1n) is 7.64. The van der Waals surface area contributed by atoms with Crippen LogP contribution in [0.1, 0.15) is 15.9 Å². The number of carbonyl (C=O) groups excluding carboxylic acids is 1. The lowest BCUT2D eigenvalue weighted by Gasteiger charge is -2.05. The van der Waals surface area contributed by atoms with E-state index >= 15 is 0 Å². The number of hydrogen-bond donors (Lipinski definition) is 1. The highest BCUT2D eigenvalue weighted by Gasteiger charge is 2.10. The van der Waals surface area contributed by atoms with Gasteiger partial charge in [0.25, 0.3) is 0 Å². The van der Waals surface area contributed by atoms with Gasteiger partial charge < -0.3 is 5.32 Å². The van der Waals surface area contributed by atoms with E-state index in [1.54, 1.807) is 11.3 Å². The van der Waals surface area contributed by atoms with E-state index < -0.39 is 0 Å². The summed E-state index contributed by atoms with van der Waals surface area (Å²) < 4.78 is 0.940. The van der Waals surface area contributed by atoms with E-state index in [0.717, 1.165) is 15.8 Å². The summed E-state index contributed by atoms with van der Waals surface area (Å²) in [6.45, 7) is 0. The van der Waals surface area contributed by atoms with Gasteiger partial charge in [-0.05, 0) is 17.0 Å². The molecule has 0 spiro atoms. The average molecular weight is 347 g/mol. The number of anilines is 2. The second-order valence-electron chi connectivity index (χ2n) is 5.36. The number of fused-ring (bicyclic) bond motifs is 1. The van der Waals surface area contributed by atoms with Crippen LogP contribution in [0.3, 0.4) is 0 Å². The third-order valence-corrected chi connectivity index (χ3v) is 4.57. The maximum Gasteiger partial charge on any atom is 0.228 e. The van der Waals surface area contributed by atoms with E-state index in [2.05, 4.69) is 25.3 Å². The van der Waals surface area contributed by atoms with E-state index in [1.807, 2.05) is 41.8 Å². The molecule has 4 rings (SSSR count). The number of thiophene rings is 1. The Balaban J connectivity index is 1.50. The summed E-state index contributed by atoms with van der Waals surface area (Å²) in [5, 5.41) is 5.03. The van der Waals surface area contributed by atoms with Gasteiger partial charge in [0.05, 0.1) is 15.8 Å². The van der Waals surface area contributed by atoms with E-state index in [4.69, 9.17) is 0 Å². The zero-order chi connectivity index (χ0) is 17.1. The van der Waals surface area contributed by atoms with Crippen molar-refractivity contribution in [2.45, 2.75) is 6.42 Å². The summed E-state index contributed by atoms with van der Waals surface area (Å²) in [4.78, 5) is 29.2. The fraction of sp³-hybridized carbons (Fsp3) is 0.0556. The Morgan fingerprint density at radius 3 is 2.60 bits per heavy atom. The number of rotatable bonds is 5. The molecule has 0 aliphatic rings. The van der Waals surface area contributed by atoms with Crippen LogP contribution in [0.5, 0.6) is 0 Å². The molecule has 0 unspecified atom stereocenters. The highest BCUT2D eigenvalue weighted by atomic mass is 32.1. The zero-order valence-corrected chi connectivity index (χ0v) is 13.9. The van der Waals surface area contributed by atoms with Crippen LogP contribution in [-0.4, -0.2) is 25.7 Å². The number of hydrogen-bond acceptors (Lipinski definition) is 7. The van der Waals surface area contributed by atoms with Crippen LogP contribution >= 0.6 is 11.3 Å². The lowest BCUT2D eigenvalue weighted by atomic mass is 10.1. The first-order valence-corrected chi connectivity index (χ1v) is 8.52. The zero-order valence-electron chi connectivity index (χ0n) is 13.1. The van der Waals surface area contributed by atoms with Gasteiger partial charge in [0.15, 0.2) is 11.6 Å². The maximum atomic E-state index is 12.3. The Labute approximate surface area is 147 Å². The summed E-state index contributed by atoms with van der Waals surface area (Å²) in [5.74, 6) is 1.04. The molecule has 4 aromatic rings. The molecule has 0 radical (unpaired) electrons. The van der Waals surface area contributed by atoms with Crippen LogP contribution in [0.2, 0.25) is 0 Å². The Hall–Kier alpha value is -3.19. The van der Waals surface area contributed by atoms with E-state index in [-0.39, 0.29) is 5.78 Å². The smallest absolute Gasteiger partial charge is 0.228 e. The third-order valence-electron chi connectivity index (χ3n) is 3.65. The predicted octanol–water partition coefficient (Wildman–Crippen LogP) is 3.65. The van der Waals surface area contributed by atoms with Crippen LogP contribution in [0, 0.1) is 0 Å². The largest absolute Gasteiger partial charge is 0.307 e. The number of aromatic nitrogens is 4. The minimum Gasteiger partial charge on any atom is -0.307 e. The molecule has 122 valence electrons. The van der Waals surface area contributed by atoms with Crippen molar-refractivity contribution in [3.8, 4) is 0 Å². The van der Waals surface area contributed by atoms with Crippen LogP contribution in [0.25, 0.3) is 10.2 Å². The molecule has 1 N–H and O–H groups in total. The van der Waals surface area contributed by atoms with Crippen molar-refractivity contribution in [2.24, 2.45) is 0 Å². The third kappa shape index (κ3) is 3.36. The van der Waals surface area contributed by atoms with Crippen molar-refractivity contribution < 1.29 is 4.79 Å². The van der Waals surface area contributed by atoms with Gasteiger partial charge in [0, 0.05) is 18.8 Å². The molecular formula is C18H13N5OS. The Kier molecular flexibility index (Phi) is 4.14. The molecule has 0 saturated carbocycles. The Morgan fingerprint density at radius 2 is 1.80 bits per heavy atom. The topological polar surface area (TPSA) is 80.7 Å². The Bertz CT molecular complexity index is 1010. The molecular weight excluding hydrogens is 334 g/mol. The first kappa shape index (κ1) is 15.3. The molecule has 0 amide bonds. The summed E-state index contributed by atoms with van der Waals surface area (Å²) >= 11 is 1.55. The van der Waals surface area contributed by atoms with Gasteiger partial charge in [-0.15, -0.1) is 11.3 Å². The monoisotopic (exact) mass is 347 g/mol. The molecule has 0 atom stereocenters. The number of benzene rings is 1. The van der Waals surface area contributed by atoms with Crippen molar-refractivity contribution in [1.29, 1.82) is 0 Å². The fourth-order valence-electron chi connectivity index (χ4n) is 2.40. The van der Waals surface area contributed by atoms with Gasteiger partial charge in [0.1, 0.15) is 6.33 Å². The standard InChI is InChI=1S/C18H13N5OS/c24-15(8-12-4-2-1-3-5-12)13-9-19-18(20-10-13)23-17-16-14(6-7-25-16)21-11-22-17/h1-7,9-11H,8H2,(H,19,20,21,22,23). The lowest BCUT2D eigenvalue weighted by Crippen LogP contribution is -2.06. The van der Waals surface area contributed by atoms with Gasteiger partial charge in [-0.1, -0.05) is 30.3 Å². The molecule has 6 nitrogen and oxygen atoms in total. The molecule has 7 heteroatoms. The molecule has 0 bridgehead atoms. The number of ketones is 1. The summed E-state index contributed by atoms with van der Waals surface area (Å²) in [5.41, 5.74) is 2.33. The second-order valence-corrected chi connectivity index (χ2v) is 6.28. The van der Waals surface area contributed by atoms with Crippen molar-refractivity contribution in [3.63, 3.8) is 0 Å². The summed E-state index contributed by atoms with van der Waals surface area (Å²) in [6, 6.07) is 11.5. The van der Waals surface area contributed by atoms with E-state index in [1.165, 1.54) is 18.7 Å². The van der Waals surface area contributed by atoms with E-state index in [9.17, 15) is 4.79 Å².